The third-order valence-electron chi connectivity index (χ3n) is 6.39. The molecule has 9 heteroatoms. The van der Waals surface area contributed by atoms with Gasteiger partial charge in [0.15, 0.2) is 0 Å². The van der Waals surface area contributed by atoms with Crippen LogP contribution in [0.15, 0.2) is 73.3 Å². The molecule has 0 unspecified atom stereocenters. The first kappa shape index (κ1) is 29.8. The van der Waals surface area contributed by atoms with Gasteiger partial charge < -0.3 is 15.5 Å². The zero-order valence-electron chi connectivity index (χ0n) is 22.1. The van der Waals surface area contributed by atoms with Gasteiger partial charge in [0.1, 0.15) is 0 Å². The van der Waals surface area contributed by atoms with E-state index in [9.17, 15) is 26.7 Å². The van der Waals surface area contributed by atoms with Crippen molar-refractivity contribution in [3.8, 4) is 11.1 Å². The van der Waals surface area contributed by atoms with Gasteiger partial charge in [-0.2, -0.15) is 13.2 Å². The maximum atomic E-state index is 13.9. The molecule has 0 spiro atoms. The normalized spacial score (nSPS) is 11.8. The van der Waals surface area contributed by atoms with Gasteiger partial charge in [-0.3, -0.25) is 4.79 Å². The SMILES string of the molecule is C=C(c1ccc(-c2cc(C(C)(F)F)cc(C(F)(F)F)c2)cc1)N(CCNC)CCNC(=O)c1ccccc1C. The number of nitrogens with zero attached hydrogens (tertiary/aromatic N) is 1. The van der Waals surface area contributed by atoms with E-state index in [1.165, 1.54) is 0 Å². The quantitative estimate of drug-likeness (QED) is 0.263. The Labute approximate surface area is 225 Å². The van der Waals surface area contributed by atoms with Crippen molar-refractivity contribution in [2.24, 2.45) is 0 Å². The molecule has 2 N–H and O–H groups in total. The van der Waals surface area contributed by atoms with Crippen LogP contribution in [0.4, 0.5) is 22.0 Å². The van der Waals surface area contributed by atoms with E-state index in [1.807, 2.05) is 31.0 Å². The van der Waals surface area contributed by atoms with Gasteiger partial charge in [-0.1, -0.05) is 49.0 Å². The molecule has 0 atom stereocenters. The highest BCUT2D eigenvalue weighted by molar-refractivity contribution is 5.95. The van der Waals surface area contributed by atoms with Crippen molar-refractivity contribution in [2.45, 2.75) is 25.9 Å². The molecule has 3 aromatic rings. The summed E-state index contributed by atoms with van der Waals surface area (Å²) in [6.07, 6.45) is -4.76. The average Bonchev–Trinajstić information content (AvgIpc) is 2.89. The zero-order chi connectivity index (χ0) is 28.8. The first-order valence-corrected chi connectivity index (χ1v) is 12.4. The Hall–Kier alpha value is -3.72. The minimum atomic E-state index is -4.76. The second-order valence-corrected chi connectivity index (χ2v) is 9.37. The predicted molar refractivity (Wildman–Crippen MR) is 144 cm³/mol. The molecule has 0 aliphatic heterocycles. The number of alkyl halides is 5. The number of halogens is 5. The van der Waals surface area contributed by atoms with E-state index in [0.29, 0.717) is 61.6 Å². The smallest absolute Gasteiger partial charge is 0.368 e. The summed E-state index contributed by atoms with van der Waals surface area (Å²) in [5, 5.41) is 6.00. The molecule has 0 saturated heterocycles. The van der Waals surface area contributed by atoms with E-state index >= 15 is 0 Å². The van der Waals surface area contributed by atoms with Crippen LogP contribution in [0.3, 0.4) is 0 Å². The van der Waals surface area contributed by atoms with Gasteiger partial charge in [0.05, 0.1) is 5.56 Å². The second kappa shape index (κ2) is 12.4. The zero-order valence-corrected chi connectivity index (χ0v) is 22.1. The lowest BCUT2D eigenvalue weighted by Gasteiger charge is -2.27. The number of likely N-dealkylation sites (N-methyl/N-ethyl adjacent to an activating group) is 1. The lowest BCUT2D eigenvalue weighted by atomic mass is 9.96. The van der Waals surface area contributed by atoms with Crippen LogP contribution in [0, 0.1) is 6.92 Å². The lowest BCUT2D eigenvalue weighted by molar-refractivity contribution is -0.137. The van der Waals surface area contributed by atoms with Crippen molar-refractivity contribution in [1.82, 2.24) is 15.5 Å². The minimum Gasteiger partial charge on any atom is -0.368 e. The van der Waals surface area contributed by atoms with Gasteiger partial charge in [-0.15, -0.1) is 0 Å². The molecular formula is C30H32F5N3O. The summed E-state index contributed by atoms with van der Waals surface area (Å²) in [6, 6.07) is 16.3. The summed E-state index contributed by atoms with van der Waals surface area (Å²) in [7, 11) is 1.82. The summed E-state index contributed by atoms with van der Waals surface area (Å²) < 4.78 is 68.0. The molecule has 0 aromatic heterocycles. The van der Waals surface area contributed by atoms with E-state index in [1.54, 1.807) is 36.4 Å². The summed E-state index contributed by atoms with van der Waals surface area (Å²) in [5.41, 5.74) is 1.44. The first-order valence-electron chi connectivity index (χ1n) is 12.4. The van der Waals surface area contributed by atoms with Gasteiger partial charge >= 0.3 is 6.18 Å². The van der Waals surface area contributed by atoms with Crippen LogP contribution < -0.4 is 10.6 Å². The van der Waals surface area contributed by atoms with Gasteiger partial charge in [0, 0.05) is 49.9 Å². The molecule has 208 valence electrons. The van der Waals surface area contributed by atoms with Crippen LogP contribution >= 0.6 is 0 Å². The molecule has 1 amide bonds. The number of amides is 1. The molecular weight excluding hydrogens is 513 g/mol. The number of carbonyl (C=O) groups excluding carboxylic acids is 1. The number of hydrogen-bond acceptors (Lipinski definition) is 3. The number of benzene rings is 3. The fourth-order valence-corrected chi connectivity index (χ4v) is 4.10. The van der Waals surface area contributed by atoms with Crippen molar-refractivity contribution in [3.05, 3.63) is 101 Å². The monoisotopic (exact) mass is 545 g/mol. The summed E-state index contributed by atoms with van der Waals surface area (Å²) in [6.45, 7) is 8.71. The highest BCUT2D eigenvalue weighted by Gasteiger charge is 2.34. The molecule has 0 aliphatic carbocycles. The number of rotatable bonds is 11. The third kappa shape index (κ3) is 7.89. The summed E-state index contributed by atoms with van der Waals surface area (Å²) >= 11 is 0. The van der Waals surface area contributed by atoms with Crippen LogP contribution in [0.25, 0.3) is 16.8 Å². The molecule has 0 bridgehead atoms. The van der Waals surface area contributed by atoms with Gasteiger partial charge in [0.25, 0.3) is 11.8 Å². The molecule has 3 rings (SSSR count). The highest BCUT2D eigenvalue weighted by Crippen LogP contribution is 2.38. The van der Waals surface area contributed by atoms with E-state index in [-0.39, 0.29) is 11.5 Å². The van der Waals surface area contributed by atoms with E-state index in [2.05, 4.69) is 17.2 Å². The van der Waals surface area contributed by atoms with Crippen molar-refractivity contribution in [3.63, 3.8) is 0 Å². The van der Waals surface area contributed by atoms with Crippen LogP contribution in [0.5, 0.6) is 0 Å². The van der Waals surface area contributed by atoms with E-state index < -0.39 is 23.2 Å². The summed E-state index contributed by atoms with van der Waals surface area (Å²) in [5.74, 6) is -3.60. The van der Waals surface area contributed by atoms with Crippen LogP contribution in [-0.4, -0.2) is 44.0 Å². The van der Waals surface area contributed by atoms with Crippen LogP contribution in [0.1, 0.15) is 39.5 Å². The minimum absolute atomic E-state index is 0.0458. The van der Waals surface area contributed by atoms with Crippen molar-refractivity contribution in [1.29, 1.82) is 0 Å². The maximum absolute atomic E-state index is 13.9. The molecule has 4 nitrogen and oxygen atoms in total. The maximum Gasteiger partial charge on any atom is 0.416 e. The largest absolute Gasteiger partial charge is 0.416 e. The molecule has 0 aliphatic rings. The van der Waals surface area contributed by atoms with Crippen molar-refractivity contribution < 1.29 is 26.7 Å². The molecule has 0 radical (unpaired) electrons. The topological polar surface area (TPSA) is 44.4 Å². The van der Waals surface area contributed by atoms with Crippen molar-refractivity contribution >= 4 is 11.6 Å². The standard InChI is InChI=1S/C30H32F5N3O/c1-20-7-5-6-8-27(20)28(39)37-14-16-38(15-13-36-4)21(2)22-9-11-23(12-10-22)24-17-25(29(3,31)32)19-26(18-24)30(33,34)35/h5-12,17-19,36H,2,13-16H2,1,3-4H3,(H,37,39). The molecule has 3 aromatic carbocycles. The number of nitrogens with one attached hydrogen (secondary N) is 2. The lowest BCUT2D eigenvalue weighted by Crippen LogP contribution is -2.37. The third-order valence-corrected chi connectivity index (χ3v) is 6.39. The Morgan fingerprint density at radius 1 is 0.872 bits per heavy atom. The van der Waals surface area contributed by atoms with Gasteiger partial charge in [-0.25, -0.2) is 8.78 Å². The molecule has 0 heterocycles. The van der Waals surface area contributed by atoms with Crippen LogP contribution in [-0.2, 0) is 12.1 Å². The fraction of sp³-hybridized carbons (Fsp3) is 0.300. The Morgan fingerprint density at radius 3 is 2.08 bits per heavy atom. The van der Waals surface area contributed by atoms with Gasteiger partial charge in [-0.05, 0) is 60.5 Å². The van der Waals surface area contributed by atoms with Crippen LogP contribution in [0.2, 0.25) is 0 Å². The number of hydrogen-bond donors (Lipinski definition) is 2. The number of aryl methyl sites for hydroxylation is 1. The Bertz CT molecular complexity index is 1260. The Balaban J connectivity index is 1.77. The Kier molecular flexibility index (Phi) is 9.50. The van der Waals surface area contributed by atoms with Gasteiger partial charge in [0.2, 0.25) is 0 Å². The molecule has 0 fully saturated rings. The molecule has 0 saturated carbocycles. The number of carbonyl (C=O) groups is 1. The van der Waals surface area contributed by atoms with E-state index in [0.717, 1.165) is 17.7 Å². The average molecular weight is 546 g/mol. The Morgan fingerprint density at radius 2 is 1.49 bits per heavy atom. The second-order valence-electron chi connectivity index (χ2n) is 9.37. The molecule has 39 heavy (non-hydrogen) atoms. The highest BCUT2D eigenvalue weighted by atomic mass is 19.4. The van der Waals surface area contributed by atoms with Crippen molar-refractivity contribution in [2.75, 3.05) is 33.2 Å². The van der Waals surface area contributed by atoms with E-state index in [4.69, 9.17) is 0 Å². The first-order chi connectivity index (χ1) is 18.3. The summed E-state index contributed by atoms with van der Waals surface area (Å²) in [4.78, 5) is 14.6. The fourth-order valence-electron chi connectivity index (χ4n) is 4.10. The predicted octanol–water partition coefficient (Wildman–Crippen LogP) is 6.71.